The molecule has 86 valence electrons. The molecular weight excluding hydrogens is 297 g/mol. The molecule has 8 heteroatoms. The summed E-state index contributed by atoms with van der Waals surface area (Å²) >= 11 is 0. The molecule has 0 atom stereocenters. The van der Waals surface area contributed by atoms with E-state index in [1.54, 1.807) is 11.1 Å². The van der Waals surface area contributed by atoms with Gasteiger partial charge in [-0.2, -0.15) is 0 Å². The minimum atomic E-state index is -1.19. The summed E-state index contributed by atoms with van der Waals surface area (Å²) in [5.74, 6) is -0.792. The van der Waals surface area contributed by atoms with E-state index in [0.29, 0.717) is 6.67 Å². The number of aliphatic carboxylic acids is 1. The van der Waals surface area contributed by atoms with Gasteiger partial charge in [-0.05, 0) is 0 Å². The molecule has 1 aliphatic rings. The van der Waals surface area contributed by atoms with Crippen LogP contribution in [0.1, 0.15) is 0 Å². The Kier molecular flexibility index (Phi) is 7.57. The van der Waals surface area contributed by atoms with E-state index < -0.39 is 16.9 Å². The Labute approximate surface area is 99.5 Å². The summed E-state index contributed by atoms with van der Waals surface area (Å²) < 4.78 is 0. The standard InChI is InChI=1S/C6H10N2O2.3ClH.Co/c1-7-2-3-8(5-7)4-6(9)10;;;;/h2-3H,4-5H2,1H3,(H,9,10);3*1H;/q;;;;+3/p-3. The fourth-order valence-corrected chi connectivity index (χ4v) is 0.865. The second-order valence-electron chi connectivity index (χ2n) is 2.48. The molecule has 0 unspecified atom stereocenters. The second kappa shape index (κ2) is 7.47. The van der Waals surface area contributed by atoms with E-state index in [1.807, 2.05) is 18.1 Å². The van der Waals surface area contributed by atoms with E-state index >= 15 is 0 Å². The number of hydrogen-bond acceptors (Lipinski definition) is 3. The summed E-state index contributed by atoms with van der Waals surface area (Å²) in [6.07, 6.45) is 3.62. The van der Waals surface area contributed by atoms with Gasteiger partial charge in [-0.25, -0.2) is 0 Å². The Hall–Kier alpha value is 0.186. The second-order valence-corrected chi connectivity index (χ2v) is 7.64. The summed E-state index contributed by atoms with van der Waals surface area (Å²) in [4.78, 5) is 13.8. The van der Waals surface area contributed by atoms with Gasteiger partial charge in [0.1, 0.15) is 6.54 Å². The number of rotatable bonds is 2. The molecule has 0 aromatic rings. The van der Waals surface area contributed by atoms with Crippen LogP contribution in [0.4, 0.5) is 0 Å². The van der Waals surface area contributed by atoms with E-state index in [1.165, 1.54) is 0 Å². The Morgan fingerprint density at radius 1 is 1.50 bits per heavy atom. The van der Waals surface area contributed by atoms with E-state index in [-0.39, 0.29) is 6.54 Å². The van der Waals surface area contributed by atoms with Crippen LogP contribution < -0.4 is 0 Å². The zero-order valence-electron chi connectivity index (χ0n) is 7.29. The maximum absolute atomic E-state index is 10.2. The molecule has 1 heterocycles. The van der Waals surface area contributed by atoms with Crippen LogP contribution in [-0.2, 0) is 15.7 Å². The van der Waals surface area contributed by atoms with Crippen molar-refractivity contribution in [1.29, 1.82) is 0 Å². The summed E-state index contributed by atoms with van der Waals surface area (Å²) in [5.41, 5.74) is 0. The Bertz CT molecular complexity index is 212. The van der Waals surface area contributed by atoms with Gasteiger partial charge in [0.15, 0.2) is 0 Å². The Morgan fingerprint density at radius 3 is 2.29 bits per heavy atom. The molecule has 0 radical (unpaired) electrons. The minimum absolute atomic E-state index is 0.0842. The first-order chi connectivity index (χ1) is 6.41. The van der Waals surface area contributed by atoms with Crippen molar-refractivity contribution in [1.82, 2.24) is 9.80 Å². The SMILES string of the molecule is CN1C=CN(CC(=O)O)C1.[Cl][Co]([Cl])[Cl]. The van der Waals surface area contributed by atoms with Gasteiger partial charge in [0.2, 0.25) is 0 Å². The van der Waals surface area contributed by atoms with Crippen LogP contribution in [0.5, 0.6) is 0 Å². The van der Waals surface area contributed by atoms with Gasteiger partial charge in [0, 0.05) is 19.4 Å². The van der Waals surface area contributed by atoms with Crippen LogP contribution >= 0.6 is 30.4 Å². The average molecular weight is 307 g/mol. The molecular formula is C6H10Cl3CoN2O2. The normalized spacial score (nSPS) is 15.0. The van der Waals surface area contributed by atoms with Gasteiger partial charge >= 0.3 is 47.4 Å². The fourth-order valence-electron chi connectivity index (χ4n) is 0.865. The molecule has 0 aromatic carbocycles. The number of carbonyl (C=O) groups is 1. The van der Waals surface area contributed by atoms with E-state index in [2.05, 4.69) is 0 Å². The monoisotopic (exact) mass is 306 g/mol. The summed E-state index contributed by atoms with van der Waals surface area (Å²) in [5, 5.41) is 8.37. The van der Waals surface area contributed by atoms with E-state index in [0.717, 1.165) is 0 Å². The molecule has 0 amide bonds. The fraction of sp³-hybridized carbons (Fsp3) is 0.500. The van der Waals surface area contributed by atoms with Gasteiger partial charge in [0.25, 0.3) is 0 Å². The molecule has 0 aliphatic carbocycles. The van der Waals surface area contributed by atoms with Crippen molar-refractivity contribution in [2.45, 2.75) is 0 Å². The molecule has 1 rings (SSSR count). The van der Waals surface area contributed by atoms with Crippen LogP contribution in [-0.4, -0.2) is 41.1 Å². The topological polar surface area (TPSA) is 43.8 Å². The Balaban J connectivity index is 0.000000364. The van der Waals surface area contributed by atoms with Gasteiger partial charge in [-0.15, -0.1) is 0 Å². The van der Waals surface area contributed by atoms with Crippen molar-refractivity contribution in [3.8, 4) is 0 Å². The average Bonchev–Trinajstić information content (AvgIpc) is 2.32. The first kappa shape index (κ1) is 14.2. The van der Waals surface area contributed by atoms with Crippen molar-refractivity contribution in [2.24, 2.45) is 0 Å². The molecule has 0 saturated carbocycles. The molecule has 0 bridgehead atoms. The maximum atomic E-state index is 10.2. The van der Waals surface area contributed by atoms with E-state index in [4.69, 9.17) is 35.5 Å². The molecule has 14 heavy (non-hydrogen) atoms. The molecule has 0 aromatic heterocycles. The zero-order valence-corrected chi connectivity index (χ0v) is 10.6. The van der Waals surface area contributed by atoms with Crippen LogP contribution in [0.2, 0.25) is 0 Å². The quantitative estimate of drug-likeness (QED) is 0.845. The van der Waals surface area contributed by atoms with Crippen molar-refractivity contribution < 1.29 is 20.9 Å². The Morgan fingerprint density at radius 2 is 2.00 bits per heavy atom. The number of nitrogens with zero attached hydrogens (tertiary/aromatic N) is 2. The molecule has 4 nitrogen and oxygen atoms in total. The van der Waals surface area contributed by atoms with Crippen LogP contribution in [0.15, 0.2) is 12.4 Å². The van der Waals surface area contributed by atoms with Gasteiger partial charge in [-0.3, -0.25) is 4.79 Å². The first-order valence-corrected chi connectivity index (χ1v) is 7.70. The number of carboxylic acid groups (broad SMARTS) is 1. The molecule has 0 saturated heterocycles. The number of hydrogen-bond donors (Lipinski definition) is 1. The summed E-state index contributed by atoms with van der Waals surface area (Å²) in [6, 6.07) is 0. The number of halogens is 3. The van der Waals surface area contributed by atoms with Gasteiger partial charge in [0.05, 0.1) is 6.67 Å². The van der Waals surface area contributed by atoms with Crippen LogP contribution in [0, 0.1) is 0 Å². The van der Waals surface area contributed by atoms with Crippen molar-refractivity contribution in [2.75, 3.05) is 20.3 Å². The predicted octanol–water partition coefficient (Wildman–Crippen LogP) is 1.81. The molecule has 0 spiro atoms. The van der Waals surface area contributed by atoms with E-state index in [9.17, 15) is 4.79 Å². The summed E-state index contributed by atoms with van der Waals surface area (Å²) in [7, 11) is 15.3. The van der Waals surface area contributed by atoms with Crippen LogP contribution in [0.3, 0.4) is 0 Å². The number of carboxylic acids is 1. The molecule has 1 aliphatic heterocycles. The van der Waals surface area contributed by atoms with Crippen molar-refractivity contribution in [3.63, 3.8) is 0 Å². The predicted molar refractivity (Wildman–Crippen MR) is 53.7 cm³/mol. The third-order valence-corrected chi connectivity index (χ3v) is 1.28. The third-order valence-electron chi connectivity index (χ3n) is 1.28. The molecule has 1 N–H and O–H groups in total. The first-order valence-electron chi connectivity index (χ1n) is 3.40. The van der Waals surface area contributed by atoms with Gasteiger partial charge < -0.3 is 14.9 Å². The zero-order chi connectivity index (χ0) is 11.1. The molecule has 0 fully saturated rings. The van der Waals surface area contributed by atoms with Crippen molar-refractivity contribution >= 4 is 36.4 Å². The van der Waals surface area contributed by atoms with Crippen LogP contribution in [0.25, 0.3) is 0 Å². The van der Waals surface area contributed by atoms with Gasteiger partial charge in [-0.1, -0.05) is 0 Å². The third kappa shape index (κ3) is 8.77. The summed E-state index contributed by atoms with van der Waals surface area (Å²) in [6.45, 7) is 0.757. The van der Waals surface area contributed by atoms with Crippen molar-refractivity contribution in [3.05, 3.63) is 12.4 Å².